The highest BCUT2D eigenvalue weighted by molar-refractivity contribution is 6.33. The van der Waals surface area contributed by atoms with E-state index in [1.165, 1.54) is 61.3 Å². The lowest BCUT2D eigenvalue weighted by molar-refractivity contribution is 0.411. The van der Waals surface area contributed by atoms with Crippen LogP contribution in [0.5, 0.6) is 23.0 Å². The maximum Gasteiger partial charge on any atom is 0.130 e. The summed E-state index contributed by atoms with van der Waals surface area (Å²) in [4.78, 5) is 2.15. The first-order valence-electron chi connectivity index (χ1n) is 21.0. The van der Waals surface area contributed by atoms with Crippen LogP contribution >= 0.6 is 11.6 Å². The Labute approximate surface area is 367 Å². The first kappa shape index (κ1) is 42.9. The van der Waals surface area contributed by atoms with Gasteiger partial charge in [0.1, 0.15) is 23.0 Å². The molecule has 0 aliphatic rings. The van der Waals surface area contributed by atoms with Gasteiger partial charge < -0.3 is 23.8 Å². The molecular formula is C55H56ClNO4. The van der Waals surface area contributed by atoms with E-state index < -0.39 is 0 Å². The van der Waals surface area contributed by atoms with Crippen molar-refractivity contribution in [1.29, 1.82) is 0 Å². The fourth-order valence-electron chi connectivity index (χ4n) is 8.48. The van der Waals surface area contributed by atoms with Gasteiger partial charge in [-0.15, -0.1) is 0 Å². The third kappa shape index (κ3) is 9.74. The molecule has 6 heteroatoms. The molecule has 312 valence electrons. The van der Waals surface area contributed by atoms with Gasteiger partial charge in [-0.3, -0.25) is 0 Å². The molecule has 0 radical (unpaired) electrons. The highest BCUT2D eigenvalue weighted by Crippen LogP contribution is 2.46. The third-order valence-electron chi connectivity index (χ3n) is 11.8. The summed E-state index contributed by atoms with van der Waals surface area (Å²) in [6.07, 6.45) is 4.88. The minimum absolute atomic E-state index is 0.690. The van der Waals surface area contributed by atoms with Crippen LogP contribution < -0.4 is 23.8 Å². The van der Waals surface area contributed by atoms with Crippen LogP contribution in [0.3, 0.4) is 0 Å². The van der Waals surface area contributed by atoms with Gasteiger partial charge in [0, 0.05) is 41.5 Å². The van der Waals surface area contributed by atoms with E-state index in [0.717, 1.165) is 78.2 Å². The largest absolute Gasteiger partial charge is 0.497 e. The highest BCUT2D eigenvalue weighted by atomic mass is 35.5. The van der Waals surface area contributed by atoms with Gasteiger partial charge in [0.05, 0.1) is 28.4 Å². The van der Waals surface area contributed by atoms with Crippen molar-refractivity contribution >= 4 is 17.3 Å². The van der Waals surface area contributed by atoms with E-state index in [1.807, 2.05) is 30.3 Å². The maximum absolute atomic E-state index is 6.92. The van der Waals surface area contributed by atoms with E-state index >= 15 is 0 Å². The monoisotopic (exact) mass is 829 g/mol. The fraction of sp³-hybridized carbons (Fsp3) is 0.236. The van der Waals surface area contributed by atoms with Crippen molar-refractivity contribution in [3.8, 4) is 56.4 Å². The molecule has 7 rings (SSSR count). The molecule has 0 saturated carbocycles. The van der Waals surface area contributed by atoms with Crippen LogP contribution in [0, 0.1) is 0 Å². The number of ether oxygens (including phenoxy) is 4. The number of anilines is 1. The summed E-state index contributed by atoms with van der Waals surface area (Å²) < 4.78 is 23.1. The standard InChI is InChI=1S/C55H56ClNO4/c1-8-46-52(35-39-18-30-45(60-6)31-19-39)51(40-22-24-42(25-23-40)57(2)3)36-41(21-13-37-14-26-43(58-4)27-15-37)54(46)48-33-34-49(47-11-9-10-12-53(47)56)55(61-7)50(48)32-20-38-16-28-44(59-5)29-17-38/h9-12,14-19,22-31,33-34,36H,8,13,20-21,32,35H2,1-7H3. The summed E-state index contributed by atoms with van der Waals surface area (Å²) in [7, 11) is 11.1. The molecule has 0 spiro atoms. The van der Waals surface area contributed by atoms with E-state index in [0.29, 0.717) is 5.02 Å². The Bertz CT molecular complexity index is 2540. The Kier molecular flexibility index (Phi) is 14.0. The molecule has 61 heavy (non-hydrogen) atoms. The van der Waals surface area contributed by atoms with Crippen molar-refractivity contribution in [2.75, 3.05) is 47.4 Å². The van der Waals surface area contributed by atoms with Crippen LogP contribution in [0.15, 0.2) is 140 Å². The highest BCUT2D eigenvalue weighted by Gasteiger charge is 2.25. The normalized spacial score (nSPS) is 11.0. The van der Waals surface area contributed by atoms with Gasteiger partial charge in [0.15, 0.2) is 0 Å². The van der Waals surface area contributed by atoms with Crippen molar-refractivity contribution in [3.05, 3.63) is 183 Å². The summed E-state index contributed by atoms with van der Waals surface area (Å²) in [6, 6.07) is 49.4. The average molecular weight is 831 g/mol. The number of hydrogen-bond acceptors (Lipinski definition) is 5. The van der Waals surface area contributed by atoms with Gasteiger partial charge in [-0.05, 0) is 155 Å². The minimum Gasteiger partial charge on any atom is -0.497 e. The van der Waals surface area contributed by atoms with Gasteiger partial charge in [0.25, 0.3) is 0 Å². The van der Waals surface area contributed by atoms with Crippen molar-refractivity contribution in [3.63, 3.8) is 0 Å². The summed E-state index contributed by atoms with van der Waals surface area (Å²) >= 11 is 6.92. The van der Waals surface area contributed by atoms with Crippen LogP contribution in [-0.4, -0.2) is 42.5 Å². The Morgan fingerprint density at radius 3 is 1.54 bits per heavy atom. The lowest BCUT2D eigenvalue weighted by Gasteiger charge is -2.26. The van der Waals surface area contributed by atoms with E-state index in [2.05, 4.69) is 135 Å². The first-order valence-corrected chi connectivity index (χ1v) is 21.4. The SMILES string of the molecule is CCc1c(Cc2ccc(OC)cc2)c(-c2ccc(N(C)C)cc2)cc(CCc2ccc(OC)cc2)c1-c1ccc(-c2ccccc2Cl)c(OC)c1CCc1ccc(OC)cc1. The van der Waals surface area contributed by atoms with Crippen molar-refractivity contribution in [1.82, 2.24) is 0 Å². The van der Waals surface area contributed by atoms with Crippen LogP contribution in [0.4, 0.5) is 5.69 Å². The van der Waals surface area contributed by atoms with Crippen LogP contribution in [0.25, 0.3) is 33.4 Å². The second-order valence-corrected chi connectivity index (χ2v) is 16.0. The van der Waals surface area contributed by atoms with Gasteiger partial charge >= 0.3 is 0 Å². The molecule has 0 unspecified atom stereocenters. The molecule has 0 aliphatic carbocycles. The smallest absolute Gasteiger partial charge is 0.130 e. The van der Waals surface area contributed by atoms with E-state index in [4.69, 9.17) is 30.5 Å². The topological polar surface area (TPSA) is 40.2 Å². The fourth-order valence-corrected chi connectivity index (χ4v) is 8.72. The molecule has 0 heterocycles. The zero-order valence-corrected chi connectivity index (χ0v) is 37.2. The van der Waals surface area contributed by atoms with Gasteiger partial charge in [0.2, 0.25) is 0 Å². The predicted octanol–water partition coefficient (Wildman–Crippen LogP) is 13.2. The Morgan fingerprint density at radius 1 is 0.475 bits per heavy atom. The molecule has 0 amide bonds. The lowest BCUT2D eigenvalue weighted by Crippen LogP contribution is -2.09. The van der Waals surface area contributed by atoms with Crippen molar-refractivity contribution < 1.29 is 18.9 Å². The quantitative estimate of drug-likeness (QED) is 0.0914. The molecule has 0 N–H and O–H groups in total. The Balaban J connectivity index is 1.50. The number of benzene rings is 7. The van der Waals surface area contributed by atoms with Gasteiger partial charge in [-0.25, -0.2) is 0 Å². The molecule has 0 saturated heterocycles. The van der Waals surface area contributed by atoms with Crippen LogP contribution in [-0.2, 0) is 38.5 Å². The Morgan fingerprint density at radius 2 is 1.02 bits per heavy atom. The number of hydrogen-bond donors (Lipinski definition) is 0. The number of rotatable bonds is 17. The molecule has 0 atom stereocenters. The molecule has 0 bridgehead atoms. The number of halogens is 1. The molecule has 7 aromatic rings. The second-order valence-electron chi connectivity index (χ2n) is 15.6. The van der Waals surface area contributed by atoms with Crippen LogP contribution in [0.1, 0.15) is 45.9 Å². The minimum atomic E-state index is 0.690. The maximum atomic E-state index is 6.92. The molecule has 7 aromatic carbocycles. The van der Waals surface area contributed by atoms with E-state index in [1.54, 1.807) is 28.4 Å². The summed E-state index contributed by atoms with van der Waals surface area (Å²) in [5, 5.41) is 0.690. The van der Waals surface area contributed by atoms with Crippen molar-refractivity contribution in [2.45, 2.75) is 45.4 Å². The predicted molar refractivity (Wildman–Crippen MR) is 255 cm³/mol. The lowest BCUT2D eigenvalue weighted by atomic mass is 9.79. The summed E-state index contributed by atoms with van der Waals surface area (Å²) in [6.45, 7) is 2.30. The molecule has 5 nitrogen and oxygen atoms in total. The molecular weight excluding hydrogens is 774 g/mol. The van der Waals surface area contributed by atoms with Gasteiger partial charge in [-0.2, -0.15) is 0 Å². The molecule has 0 aliphatic heterocycles. The van der Waals surface area contributed by atoms with E-state index in [-0.39, 0.29) is 0 Å². The molecule has 0 aromatic heterocycles. The zero-order valence-electron chi connectivity index (χ0n) is 36.5. The third-order valence-corrected chi connectivity index (χ3v) is 12.1. The number of methoxy groups -OCH3 is 4. The summed E-state index contributed by atoms with van der Waals surface area (Å²) in [5.74, 6) is 3.40. The zero-order chi connectivity index (χ0) is 42.9. The Hall–Kier alpha value is -6.17. The van der Waals surface area contributed by atoms with Crippen molar-refractivity contribution in [2.24, 2.45) is 0 Å². The number of nitrogens with zero attached hydrogens (tertiary/aromatic N) is 1. The number of aryl methyl sites for hydroxylation is 3. The second kappa shape index (κ2) is 19.9. The van der Waals surface area contributed by atoms with Crippen LogP contribution in [0.2, 0.25) is 5.02 Å². The molecule has 0 fully saturated rings. The summed E-state index contributed by atoms with van der Waals surface area (Å²) in [5.41, 5.74) is 16.9. The first-order chi connectivity index (χ1) is 29.7. The van der Waals surface area contributed by atoms with Gasteiger partial charge in [-0.1, -0.05) is 97.4 Å². The average Bonchev–Trinajstić information content (AvgIpc) is 3.30. The van der Waals surface area contributed by atoms with E-state index in [9.17, 15) is 0 Å².